The van der Waals surface area contributed by atoms with Crippen LogP contribution in [0.15, 0.2) is 72.8 Å². The minimum absolute atomic E-state index is 0.0276. The van der Waals surface area contributed by atoms with Gasteiger partial charge in [-0.2, -0.15) is 13.2 Å². The van der Waals surface area contributed by atoms with Gasteiger partial charge in [0.1, 0.15) is 0 Å². The van der Waals surface area contributed by atoms with Gasteiger partial charge in [0.15, 0.2) is 0 Å². The Morgan fingerprint density at radius 3 is 1.90 bits per heavy atom. The predicted molar refractivity (Wildman–Crippen MR) is 107 cm³/mol. The molecule has 7 nitrogen and oxygen atoms in total. The molecule has 0 fully saturated rings. The predicted octanol–water partition coefficient (Wildman–Crippen LogP) is 5.12. The number of nitro groups is 1. The summed E-state index contributed by atoms with van der Waals surface area (Å²) < 4.78 is 38.5. The highest BCUT2D eigenvalue weighted by molar-refractivity contribution is 6.07. The molecule has 0 aromatic heterocycles. The Morgan fingerprint density at radius 1 is 0.774 bits per heavy atom. The van der Waals surface area contributed by atoms with Crippen LogP contribution >= 0.6 is 0 Å². The molecule has 158 valence electrons. The van der Waals surface area contributed by atoms with Crippen LogP contribution in [0.1, 0.15) is 26.3 Å². The Bertz CT molecular complexity index is 1150. The van der Waals surface area contributed by atoms with Crippen molar-refractivity contribution < 1.29 is 27.7 Å². The zero-order chi connectivity index (χ0) is 22.6. The van der Waals surface area contributed by atoms with Gasteiger partial charge in [0, 0.05) is 34.6 Å². The summed E-state index contributed by atoms with van der Waals surface area (Å²) in [6, 6.07) is 15.0. The molecule has 0 aliphatic heterocycles. The third-order valence-corrected chi connectivity index (χ3v) is 4.17. The summed E-state index contributed by atoms with van der Waals surface area (Å²) >= 11 is 0. The minimum atomic E-state index is -4.54. The number of nitrogens with zero attached hydrogens (tertiary/aromatic N) is 1. The molecule has 0 bridgehead atoms. The highest BCUT2D eigenvalue weighted by Crippen LogP contribution is 2.30. The van der Waals surface area contributed by atoms with Crippen LogP contribution in [0.2, 0.25) is 0 Å². The summed E-state index contributed by atoms with van der Waals surface area (Å²) in [6.07, 6.45) is -4.54. The molecule has 31 heavy (non-hydrogen) atoms. The van der Waals surface area contributed by atoms with Gasteiger partial charge in [-0.05, 0) is 48.5 Å². The molecule has 0 aliphatic rings. The fourth-order valence-corrected chi connectivity index (χ4v) is 2.65. The minimum Gasteiger partial charge on any atom is -0.322 e. The molecular weight excluding hydrogens is 415 g/mol. The summed E-state index contributed by atoms with van der Waals surface area (Å²) in [5.41, 5.74) is -0.539. The Labute approximate surface area is 173 Å². The maximum Gasteiger partial charge on any atom is 0.416 e. The second-order valence-corrected chi connectivity index (χ2v) is 6.37. The number of anilines is 2. The van der Waals surface area contributed by atoms with E-state index in [1.807, 2.05) is 0 Å². The Balaban J connectivity index is 1.71. The molecule has 3 rings (SSSR count). The van der Waals surface area contributed by atoms with E-state index in [9.17, 15) is 32.9 Å². The molecule has 0 atom stereocenters. The second-order valence-electron chi connectivity index (χ2n) is 6.37. The fourth-order valence-electron chi connectivity index (χ4n) is 2.65. The SMILES string of the molecule is O=C(Nc1cccc(C(=O)Nc2cccc(C(F)(F)F)c2)c1)c1ccc([N+](=O)[O-])cc1. The zero-order valence-electron chi connectivity index (χ0n) is 15.6. The molecule has 0 aliphatic carbocycles. The van der Waals surface area contributed by atoms with E-state index in [4.69, 9.17) is 0 Å². The lowest BCUT2D eigenvalue weighted by Crippen LogP contribution is -2.15. The van der Waals surface area contributed by atoms with E-state index in [0.29, 0.717) is 0 Å². The molecule has 0 unspecified atom stereocenters. The summed E-state index contributed by atoms with van der Waals surface area (Å²) in [5.74, 6) is -1.21. The fraction of sp³-hybridized carbons (Fsp3) is 0.0476. The van der Waals surface area contributed by atoms with E-state index in [1.165, 1.54) is 60.7 Å². The van der Waals surface area contributed by atoms with Crippen LogP contribution in [-0.4, -0.2) is 16.7 Å². The normalized spacial score (nSPS) is 10.9. The molecule has 3 aromatic carbocycles. The summed E-state index contributed by atoms with van der Waals surface area (Å²) in [6.45, 7) is 0. The molecule has 3 aromatic rings. The number of benzene rings is 3. The largest absolute Gasteiger partial charge is 0.416 e. The average Bonchev–Trinajstić information content (AvgIpc) is 2.73. The first-order valence-corrected chi connectivity index (χ1v) is 8.78. The maximum absolute atomic E-state index is 12.8. The number of halogens is 3. The van der Waals surface area contributed by atoms with Crippen LogP contribution in [-0.2, 0) is 6.18 Å². The third-order valence-electron chi connectivity index (χ3n) is 4.17. The molecule has 2 amide bonds. The lowest BCUT2D eigenvalue weighted by Gasteiger charge is -2.11. The number of nitrogens with one attached hydrogen (secondary N) is 2. The van der Waals surface area contributed by atoms with E-state index < -0.39 is 28.5 Å². The van der Waals surface area contributed by atoms with Crippen molar-refractivity contribution in [3.05, 3.63) is 99.6 Å². The van der Waals surface area contributed by atoms with Crippen molar-refractivity contribution >= 4 is 28.9 Å². The lowest BCUT2D eigenvalue weighted by molar-refractivity contribution is -0.384. The van der Waals surface area contributed by atoms with Gasteiger partial charge in [-0.1, -0.05) is 12.1 Å². The number of nitro benzene ring substituents is 1. The van der Waals surface area contributed by atoms with E-state index in [0.717, 1.165) is 12.1 Å². The van der Waals surface area contributed by atoms with Gasteiger partial charge >= 0.3 is 6.18 Å². The zero-order valence-corrected chi connectivity index (χ0v) is 15.6. The number of carbonyl (C=O) groups is 2. The van der Waals surface area contributed by atoms with E-state index in [2.05, 4.69) is 10.6 Å². The summed E-state index contributed by atoms with van der Waals surface area (Å²) in [4.78, 5) is 34.8. The molecule has 2 N–H and O–H groups in total. The smallest absolute Gasteiger partial charge is 0.322 e. The molecule has 0 saturated carbocycles. The van der Waals surface area contributed by atoms with Crippen LogP contribution < -0.4 is 10.6 Å². The quantitative estimate of drug-likeness (QED) is 0.434. The molecule has 0 saturated heterocycles. The van der Waals surface area contributed by atoms with Crippen molar-refractivity contribution in [1.29, 1.82) is 0 Å². The van der Waals surface area contributed by atoms with Gasteiger partial charge in [0.05, 0.1) is 10.5 Å². The average molecular weight is 429 g/mol. The van der Waals surface area contributed by atoms with Crippen molar-refractivity contribution in [3.63, 3.8) is 0 Å². The maximum atomic E-state index is 12.8. The number of amides is 2. The van der Waals surface area contributed by atoms with Crippen molar-refractivity contribution in [1.82, 2.24) is 0 Å². The first-order valence-electron chi connectivity index (χ1n) is 8.78. The van der Waals surface area contributed by atoms with Gasteiger partial charge in [-0.25, -0.2) is 0 Å². The van der Waals surface area contributed by atoms with Gasteiger partial charge in [0.25, 0.3) is 17.5 Å². The van der Waals surface area contributed by atoms with E-state index >= 15 is 0 Å². The number of alkyl halides is 3. The van der Waals surface area contributed by atoms with E-state index in [1.54, 1.807) is 0 Å². The number of hydrogen-bond acceptors (Lipinski definition) is 4. The van der Waals surface area contributed by atoms with Crippen LogP contribution in [0.3, 0.4) is 0 Å². The Morgan fingerprint density at radius 2 is 1.32 bits per heavy atom. The van der Waals surface area contributed by atoms with Crippen molar-refractivity contribution in [2.24, 2.45) is 0 Å². The van der Waals surface area contributed by atoms with Gasteiger partial charge in [-0.15, -0.1) is 0 Å². The summed E-state index contributed by atoms with van der Waals surface area (Å²) in [7, 11) is 0. The monoisotopic (exact) mass is 429 g/mol. The molecule has 0 radical (unpaired) electrons. The first kappa shape index (κ1) is 21.5. The number of hydrogen-bond donors (Lipinski definition) is 2. The van der Waals surface area contributed by atoms with Gasteiger partial charge < -0.3 is 10.6 Å². The highest BCUT2D eigenvalue weighted by atomic mass is 19.4. The van der Waals surface area contributed by atoms with Crippen LogP contribution in [0.5, 0.6) is 0 Å². The highest BCUT2D eigenvalue weighted by Gasteiger charge is 2.30. The molecular formula is C21H14F3N3O4. The standard InChI is InChI=1S/C21H14F3N3O4/c22-21(23,24)15-4-2-6-17(12-15)26-20(29)14-3-1-5-16(11-14)25-19(28)13-7-9-18(10-8-13)27(30)31/h1-12H,(H,25,28)(H,26,29). The molecule has 0 heterocycles. The van der Waals surface area contributed by atoms with Gasteiger partial charge in [0.2, 0.25) is 0 Å². The van der Waals surface area contributed by atoms with Crippen LogP contribution in [0.25, 0.3) is 0 Å². The first-order chi connectivity index (χ1) is 14.6. The number of rotatable bonds is 5. The Hall–Kier alpha value is -4.21. The van der Waals surface area contributed by atoms with Crippen molar-refractivity contribution in [3.8, 4) is 0 Å². The molecule has 10 heteroatoms. The lowest BCUT2D eigenvalue weighted by atomic mass is 10.1. The van der Waals surface area contributed by atoms with Crippen LogP contribution in [0.4, 0.5) is 30.2 Å². The number of non-ortho nitro benzene ring substituents is 1. The van der Waals surface area contributed by atoms with E-state index in [-0.39, 0.29) is 28.2 Å². The Kier molecular flexibility index (Phi) is 6.00. The van der Waals surface area contributed by atoms with Crippen molar-refractivity contribution in [2.45, 2.75) is 6.18 Å². The molecule has 0 spiro atoms. The topological polar surface area (TPSA) is 101 Å². The summed E-state index contributed by atoms with van der Waals surface area (Å²) in [5, 5.41) is 15.6. The number of carbonyl (C=O) groups excluding carboxylic acids is 2. The third kappa shape index (κ3) is 5.44. The van der Waals surface area contributed by atoms with Gasteiger partial charge in [-0.3, -0.25) is 19.7 Å². The second kappa shape index (κ2) is 8.66. The van der Waals surface area contributed by atoms with Crippen LogP contribution in [0, 0.1) is 10.1 Å². The van der Waals surface area contributed by atoms with Crippen molar-refractivity contribution in [2.75, 3.05) is 10.6 Å².